The fourth-order valence-electron chi connectivity index (χ4n) is 1.61. The highest BCUT2D eigenvalue weighted by Crippen LogP contribution is 2.31. The molecule has 0 bridgehead atoms. The Labute approximate surface area is 130 Å². The van der Waals surface area contributed by atoms with Crippen LogP contribution in [0.2, 0.25) is 10.0 Å². The normalized spacial score (nSPS) is 10.2. The maximum Gasteiger partial charge on any atom is 0.262 e. The van der Waals surface area contributed by atoms with Gasteiger partial charge in [-0.05, 0) is 24.3 Å². The summed E-state index contributed by atoms with van der Waals surface area (Å²) in [5, 5.41) is 3.11. The van der Waals surface area contributed by atoms with E-state index in [1.807, 2.05) is 0 Å². The minimum Gasteiger partial charge on any atom is -0.484 e. The van der Waals surface area contributed by atoms with Crippen molar-refractivity contribution in [2.75, 3.05) is 17.7 Å². The van der Waals surface area contributed by atoms with Crippen molar-refractivity contribution in [3.8, 4) is 5.75 Å². The molecule has 0 aliphatic rings. The summed E-state index contributed by atoms with van der Waals surface area (Å²) in [5.41, 5.74) is 6.22. The molecule has 0 unspecified atom stereocenters. The van der Waals surface area contributed by atoms with Crippen LogP contribution in [0.5, 0.6) is 5.75 Å². The zero-order valence-corrected chi connectivity index (χ0v) is 12.2. The van der Waals surface area contributed by atoms with Crippen LogP contribution in [0.4, 0.5) is 15.8 Å². The first-order chi connectivity index (χ1) is 9.95. The summed E-state index contributed by atoms with van der Waals surface area (Å²) in [7, 11) is 0. The largest absolute Gasteiger partial charge is 0.484 e. The van der Waals surface area contributed by atoms with Crippen LogP contribution in [-0.2, 0) is 4.79 Å². The highest BCUT2D eigenvalue weighted by Gasteiger charge is 2.11. The Morgan fingerprint density at radius 3 is 2.71 bits per heavy atom. The first kappa shape index (κ1) is 15.4. The first-order valence-electron chi connectivity index (χ1n) is 5.88. The van der Waals surface area contributed by atoms with Gasteiger partial charge in [0, 0.05) is 11.1 Å². The number of halogens is 3. The topological polar surface area (TPSA) is 64.3 Å². The number of anilines is 2. The van der Waals surface area contributed by atoms with Gasteiger partial charge in [-0.25, -0.2) is 4.39 Å². The molecule has 2 aromatic carbocycles. The van der Waals surface area contributed by atoms with Crippen molar-refractivity contribution in [2.24, 2.45) is 0 Å². The van der Waals surface area contributed by atoms with Crippen molar-refractivity contribution < 1.29 is 13.9 Å². The van der Waals surface area contributed by atoms with E-state index >= 15 is 0 Å². The number of benzene rings is 2. The van der Waals surface area contributed by atoms with Gasteiger partial charge in [-0.2, -0.15) is 0 Å². The van der Waals surface area contributed by atoms with Crippen LogP contribution in [0.1, 0.15) is 0 Å². The lowest BCUT2D eigenvalue weighted by molar-refractivity contribution is -0.118. The summed E-state index contributed by atoms with van der Waals surface area (Å²) in [6.07, 6.45) is 0. The predicted octanol–water partition coefficient (Wildman–Crippen LogP) is 3.73. The van der Waals surface area contributed by atoms with E-state index in [0.717, 1.165) is 0 Å². The van der Waals surface area contributed by atoms with Crippen molar-refractivity contribution >= 4 is 40.5 Å². The monoisotopic (exact) mass is 328 g/mol. The van der Waals surface area contributed by atoms with E-state index in [9.17, 15) is 9.18 Å². The number of nitrogen functional groups attached to an aromatic ring is 1. The second-order valence-electron chi connectivity index (χ2n) is 4.15. The van der Waals surface area contributed by atoms with Crippen molar-refractivity contribution in [2.45, 2.75) is 0 Å². The fraction of sp³-hybridized carbons (Fsp3) is 0.0714. The van der Waals surface area contributed by atoms with Crippen molar-refractivity contribution in [1.29, 1.82) is 0 Å². The summed E-state index contributed by atoms with van der Waals surface area (Å²) >= 11 is 11.7. The second kappa shape index (κ2) is 6.65. The quantitative estimate of drug-likeness (QED) is 0.840. The standard InChI is InChI=1S/C14H11Cl2FN2O2/c15-8-4-11(16)14(12(18)5-8)19-13(20)7-21-10-3-1-2-9(17)6-10/h1-6H,7,18H2,(H,19,20). The second-order valence-corrected chi connectivity index (χ2v) is 4.99. The number of ether oxygens (including phenoxy) is 1. The van der Waals surface area contributed by atoms with Gasteiger partial charge in [0.05, 0.1) is 16.4 Å². The van der Waals surface area contributed by atoms with E-state index in [4.69, 9.17) is 33.7 Å². The Morgan fingerprint density at radius 1 is 1.29 bits per heavy atom. The number of hydrogen-bond donors (Lipinski definition) is 2. The molecule has 2 aromatic rings. The van der Waals surface area contributed by atoms with Gasteiger partial charge in [-0.15, -0.1) is 0 Å². The summed E-state index contributed by atoms with van der Waals surface area (Å²) in [6.45, 7) is -0.304. The van der Waals surface area contributed by atoms with Gasteiger partial charge in [0.2, 0.25) is 0 Å². The van der Waals surface area contributed by atoms with Crippen LogP contribution in [0.25, 0.3) is 0 Å². The summed E-state index contributed by atoms with van der Waals surface area (Å²) in [4.78, 5) is 11.8. The minimum atomic E-state index is -0.477. The summed E-state index contributed by atoms with van der Waals surface area (Å²) in [6, 6.07) is 8.41. The molecule has 0 radical (unpaired) electrons. The molecule has 3 N–H and O–H groups in total. The maximum atomic E-state index is 13.0. The molecule has 2 rings (SSSR count). The molecular weight excluding hydrogens is 318 g/mol. The predicted molar refractivity (Wildman–Crippen MR) is 81.4 cm³/mol. The van der Waals surface area contributed by atoms with Crippen LogP contribution >= 0.6 is 23.2 Å². The van der Waals surface area contributed by atoms with Crippen LogP contribution < -0.4 is 15.8 Å². The van der Waals surface area contributed by atoms with Gasteiger partial charge >= 0.3 is 0 Å². The third-order valence-electron chi connectivity index (χ3n) is 2.52. The van der Waals surface area contributed by atoms with Gasteiger partial charge in [0.25, 0.3) is 5.91 Å². The SMILES string of the molecule is Nc1cc(Cl)cc(Cl)c1NC(=O)COc1cccc(F)c1. The number of rotatable bonds is 4. The third kappa shape index (κ3) is 4.24. The lowest BCUT2D eigenvalue weighted by atomic mass is 10.2. The Kier molecular flexibility index (Phi) is 4.88. The number of nitrogens with two attached hydrogens (primary N) is 1. The Hall–Kier alpha value is -1.98. The van der Waals surface area contributed by atoms with Gasteiger partial charge in [0.1, 0.15) is 11.6 Å². The average molecular weight is 329 g/mol. The minimum absolute atomic E-state index is 0.221. The molecule has 7 heteroatoms. The van der Waals surface area contributed by atoms with E-state index < -0.39 is 11.7 Å². The zero-order valence-electron chi connectivity index (χ0n) is 10.7. The highest BCUT2D eigenvalue weighted by molar-refractivity contribution is 6.37. The number of nitrogens with one attached hydrogen (secondary N) is 1. The van der Waals surface area contributed by atoms with Crippen molar-refractivity contribution in [3.63, 3.8) is 0 Å². The first-order valence-corrected chi connectivity index (χ1v) is 6.64. The Balaban J connectivity index is 1.99. The zero-order chi connectivity index (χ0) is 15.4. The molecule has 4 nitrogen and oxygen atoms in total. The number of amides is 1. The molecule has 110 valence electrons. The van der Waals surface area contributed by atoms with E-state index in [1.165, 1.54) is 30.3 Å². The molecule has 1 amide bonds. The lowest BCUT2D eigenvalue weighted by Crippen LogP contribution is -2.21. The number of carbonyl (C=O) groups excluding carboxylic acids is 1. The smallest absolute Gasteiger partial charge is 0.262 e. The molecule has 0 fully saturated rings. The molecule has 0 atom stereocenters. The van der Waals surface area contributed by atoms with Gasteiger partial charge in [-0.3, -0.25) is 4.79 Å². The van der Waals surface area contributed by atoms with Crippen LogP contribution in [0.15, 0.2) is 36.4 Å². The number of carbonyl (C=O) groups is 1. The Bertz CT molecular complexity index is 657. The van der Waals surface area contributed by atoms with E-state index in [1.54, 1.807) is 6.07 Å². The van der Waals surface area contributed by atoms with Gasteiger partial charge in [0.15, 0.2) is 6.61 Å². The average Bonchev–Trinajstić information content (AvgIpc) is 2.40. The molecule has 0 aromatic heterocycles. The van der Waals surface area contributed by atoms with E-state index in [-0.39, 0.29) is 28.8 Å². The van der Waals surface area contributed by atoms with Crippen LogP contribution in [0, 0.1) is 5.82 Å². The summed E-state index contributed by atoms with van der Waals surface area (Å²) < 4.78 is 18.1. The molecule has 0 aliphatic carbocycles. The van der Waals surface area contributed by atoms with E-state index in [0.29, 0.717) is 5.02 Å². The summed E-state index contributed by atoms with van der Waals surface area (Å²) in [5.74, 6) is -0.673. The van der Waals surface area contributed by atoms with Crippen LogP contribution in [0.3, 0.4) is 0 Å². The van der Waals surface area contributed by atoms with Crippen molar-refractivity contribution in [3.05, 3.63) is 52.3 Å². The molecule has 0 heterocycles. The van der Waals surface area contributed by atoms with Gasteiger partial charge < -0.3 is 15.8 Å². The van der Waals surface area contributed by atoms with Crippen molar-refractivity contribution in [1.82, 2.24) is 0 Å². The maximum absolute atomic E-state index is 13.0. The molecular formula is C14H11Cl2FN2O2. The molecule has 0 saturated carbocycles. The lowest BCUT2D eigenvalue weighted by Gasteiger charge is -2.11. The molecule has 21 heavy (non-hydrogen) atoms. The molecule has 0 saturated heterocycles. The molecule has 0 aliphatic heterocycles. The molecule has 0 spiro atoms. The van der Waals surface area contributed by atoms with Gasteiger partial charge in [-0.1, -0.05) is 29.3 Å². The highest BCUT2D eigenvalue weighted by atomic mass is 35.5. The van der Waals surface area contributed by atoms with Crippen LogP contribution in [-0.4, -0.2) is 12.5 Å². The van der Waals surface area contributed by atoms with E-state index in [2.05, 4.69) is 5.32 Å². The third-order valence-corrected chi connectivity index (χ3v) is 3.03. The Morgan fingerprint density at radius 2 is 2.05 bits per heavy atom. The fourth-order valence-corrected chi connectivity index (χ4v) is 2.16. The number of hydrogen-bond acceptors (Lipinski definition) is 3.